The fourth-order valence-electron chi connectivity index (χ4n) is 2.60. The fourth-order valence-corrected chi connectivity index (χ4v) is 3.02. The van der Waals surface area contributed by atoms with Crippen LogP contribution in [0.15, 0.2) is 22.9 Å². The highest BCUT2D eigenvalue weighted by Crippen LogP contribution is 2.24. The summed E-state index contributed by atoms with van der Waals surface area (Å²) in [4.78, 5) is 18.7. The molecule has 1 fully saturated rings. The monoisotopic (exact) mass is 310 g/mol. The summed E-state index contributed by atoms with van der Waals surface area (Å²) < 4.78 is 0.649. The van der Waals surface area contributed by atoms with Gasteiger partial charge < -0.3 is 4.90 Å². The molecule has 1 amide bonds. The molecule has 0 aromatic carbocycles. The lowest BCUT2D eigenvalue weighted by atomic mass is 9.97. The van der Waals surface area contributed by atoms with E-state index >= 15 is 0 Å². The first-order valence-corrected chi connectivity index (χ1v) is 7.44. The van der Waals surface area contributed by atoms with Crippen molar-refractivity contribution in [1.29, 1.82) is 0 Å². The van der Waals surface area contributed by atoms with Gasteiger partial charge in [-0.25, -0.2) is 4.98 Å². The van der Waals surface area contributed by atoms with Crippen LogP contribution in [0.3, 0.4) is 0 Å². The molecule has 1 aromatic heterocycles. The minimum Gasteiger partial charge on any atom is -0.336 e. The number of piperidine rings is 1. The molecule has 4 heteroatoms. The van der Waals surface area contributed by atoms with Crippen LogP contribution in [0.2, 0.25) is 0 Å². The largest absolute Gasteiger partial charge is 0.336 e. The zero-order chi connectivity index (χ0) is 13.0. The van der Waals surface area contributed by atoms with Crippen molar-refractivity contribution in [2.24, 2.45) is 0 Å². The Morgan fingerprint density at radius 1 is 1.56 bits per heavy atom. The summed E-state index contributed by atoms with van der Waals surface area (Å²) in [5.41, 5.74) is 0.681. The number of hydrogen-bond donors (Lipinski definition) is 0. The van der Waals surface area contributed by atoms with Gasteiger partial charge in [0.25, 0.3) is 5.91 Å². The Morgan fingerprint density at radius 3 is 3.11 bits per heavy atom. The molecule has 0 saturated carbocycles. The minimum absolute atomic E-state index is 0.119. The Kier molecular flexibility index (Phi) is 4.75. The van der Waals surface area contributed by atoms with Gasteiger partial charge >= 0.3 is 0 Å². The van der Waals surface area contributed by atoms with Crippen molar-refractivity contribution in [3.05, 3.63) is 28.5 Å². The molecular formula is C14H19BrN2O. The van der Waals surface area contributed by atoms with Gasteiger partial charge in [0.05, 0.1) is 5.56 Å². The summed E-state index contributed by atoms with van der Waals surface area (Å²) >= 11 is 3.36. The molecule has 0 bridgehead atoms. The quantitative estimate of drug-likeness (QED) is 0.799. The van der Waals surface area contributed by atoms with Crippen molar-refractivity contribution in [1.82, 2.24) is 9.88 Å². The number of hydrogen-bond acceptors (Lipinski definition) is 2. The van der Waals surface area contributed by atoms with E-state index in [1.807, 2.05) is 17.0 Å². The van der Waals surface area contributed by atoms with Gasteiger partial charge in [-0.1, -0.05) is 13.3 Å². The van der Waals surface area contributed by atoms with Crippen molar-refractivity contribution < 1.29 is 4.79 Å². The Morgan fingerprint density at radius 2 is 2.39 bits per heavy atom. The van der Waals surface area contributed by atoms with E-state index < -0.39 is 0 Å². The van der Waals surface area contributed by atoms with Crippen LogP contribution in [0.1, 0.15) is 49.4 Å². The van der Waals surface area contributed by atoms with E-state index in [2.05, 4.69) is 27.8 Å². The second-order valence-electron chi connectivity index (χ2n) is 4.78. The Balaban J connectivity index is 2.18. The third-order valence-corrected chi connectivity index (χ3v) is 4.13. The molecule has 1 atom stereocenters. The maximum Gasteiger partial charge on any atom is 0.256 e. The predicted octanol–water partition coefficient (Wildman–Crippen LogP) is 3.64. The van der Waals surface area contributed by atoms with Crippen LogP contribution in [-0.4, -0.2) is 28.4 Å². The Labute approximate surface area is 117 Å². The zero-order valence-corrected chi connectivity index (χ0v) is 12.3. The van der Waals surface area contributed by atoms with Crippen molar-refractivity contribution in [2.45, 2.75) is 45.1 Å². The predicted molar refractivity (Wildman–Crippen MR) is 75.5 cm³/mol. The smallest absolute Gasteiger partial charge is 0.256 e. The maximum atomic E-state index is 12.6. The molecule has 0 spiro atoms. The van der Waals surface area contributed by atoms with E-state index in [0.29, 0.717) is 16.2 Å². The number of carbonyl (C=O) groups excluding carboxylic acids is 1. The summed E-state index contributed by atoms with van der Waals surface area (Å²) in [6, 6.07) is 4.07. The molecular weight excluding hydrogens is 292 g/mol. The highest BCUT2D eigenvalue weighted by Gasteiger charge is 2.27. The minimum atomic E-state index is 0.119. The zero-order valence-electron chi connectivity index (χ0n) is 10.7. The molecule has 1 aromatic rings. The van der Waals surface area contributed by atoms with Crippen LogP contribution < -0.4 is 0 Å². The van der Waals surface area contributed by atoms with E-state index in [-0.39, 0.29) is 5.91 Å². The van der Waals surface area contributed by atoms with Crippen molar-refractivity contribution in [3.8, 4) is 0 Å². The molecule has 3 nitrogen and oxygen atoms in total. The van der Waals surface area contributed by atoms with Crippen LogP contribution in [0.25, 0.3) is 0 Å². The number of rotatable bonds is 3. The summed E-state index contributed by atoms with van der Waals surface area (Å²) in [7, 11) is 0. The third kappa shape index (κ3) is 2.91. The second-order valence-corrected chi connectivity index (χ2v) is 5.53. The molecule has 2 rings (SSSR count). The van der Waals surface area contributed by atoms with Gasteiger partial charge in [0, 0.05) is 18.8 Å². The summed E-state index contributed by atoms with van der Waals surface area (Å²) in [5.74, 6) is 0.119. The first kappa shape index (κ1) is 13.5. The van der Waals surface area contributed by atoms with Crippen LogP contribution >= 0.6 is 15.9 Å². The van der Waals surface area contributed by atoms with Crippen LogP contribution in [0.5, 0.6) is 0 Å². The van der Waals surface area contributed by atoms with Gasteiger partial charge in [-0.05, 0) is 53.7 Å². The first-order chi connectivity index (χ1) is 8.74. The lowest BCUT2D eigenvalue weighted by molar-refractivity contribution is 0.0599. The van der Waals surface area contributed by atoms with E-state index in [0.717, 1.165) is 32.2 Å². The third-order valence-electron chi connectivity index (χ3n) is 3.50. The summed E-state index contributed by atoms with van der Waals surface area (Å²) in [6.07, 6.45) is 7.41. The molecule has 18 heavy (non-hydrogen) atoms. The number of amides is 1. The van der Waals surface area contributed by atoms with Gasteiger partial charge in [0.2, 0.25) is 0 Å². The van der Waals surface area contributed by atoms with Crippen LogP contribution in [0, 0.1) is 0 Å². The molecule has 1 aliphatic rings. The second kappa shape index (κ2) is 6.32. The topological polar surface area (TPSA) is 33.2 Å². The highest BCUT2D eigenvalue weighted by molar-refractivity contribution is 9.10. The summed E-state index contributed by atoms with van der Waals surface area (Å²) in [5, 5.41) is 0. The standard InChI is InChI=1S/C14H19BrN2O/c1-2-6-11-7-3-4-10-17(11)14(18)12-8-5-9-16-13(12)15/h5,8-9,11H,2-4,6-7,10H2,1H3. The van der Waals surface area contributed by atoms with Gasteiger partial charge in [-0.2, -0.15) is 0 Å². The average molecular weight is 311 g/mol. The number of pyridine rings is 1. The molecule has 1 aliphatic heterocycles. The lowest BCUT2D eigenvalue weighted by Gasteiger charge is -2.36. The first-order valence-electron chi connectivity index (χ1n) is 6.65. The lowest BCUT2D eigenvalue weighted by Crippen LogP contribution is -2.43. The van der Waals surface area contributed by atoms with Gasteiger partial charge in [0.1, 0.15) is 4.60 Å². The van der Waals surface area contributed by atoms with Crippen LogP contribution in [-0.2, 0) is 0 Å². The van der Waals surface area contributed by atoms with E-state index in [1.54, 1.807) is 6.20 Å². The van der Waals surface area contributed by atoms with Gasteiger partial charge in [-0.15, -0.1) is 0 Å². The normalized spacial score (nSPS) is 19.9. The van der Waals surface area contributed by atoms with E-state index in [4.69, 9.17) is 0 Å². The molecule has 2 heterocycles. The molecule has 98 valence electrons. The number of nitrogens with zero attached hydrogens (tertiary/aromatic N) is 2. The molecule has 1 unspecified atom stereocenters. The van der Waals surface area contributed by atoms with E-state index in [1.165, 1.54) is 6.42 Å². The Bertz CT molecular complexity index is 420. The molecule has 0 radical (unpaired) electrons. The molecule has 0 aliphatic carbocycles. The maximum absolute atomic E-state index is 12.6. The van der Waals surface area contributed by atoms with E-state index in [9.17, 15) is 4.79 Å². The fraction of sp³-hybridized carbons (Fsp3) is 0.571. The van der Waals surface area contributed by atoms with Crippen molar-refractivity contribution >= 4 is 21.8 Å². The highest BCUT2D eigenvalue weighted by atomic mass is 79.9. The van der Waals surface area contributed by atoms with Crippen molar-refractivity contribution in [2.75, 3.05) is 6.54 Å². The molecule has 0 N–H and O–H groups in total. The number of carbonyl (C=O) groups is 1. The van der Waals surface area contributed by atoms with Crippen LogP contribution in [0.4, 0.5) is 0 Å². The SMILES string of the molecule is CCCC1CCCCN1C(=O)c1cccnc1Br. The number of likely N-dealkylation sites (tertiary alicyclic amines) is 1. The summed E-state index contributed by atoms with van der Waals surface area (Å²) in [6.45, 7) is 3.06. The van der Waals surface area contributed by atoms with Gasteiger partial charge in [-0.3, -0.25) is 4.79 Å². The van der Waals surface area contributed by atoms with Crippen molar-refractivity contribution in [3.63, 3.8) is 0 Å². The molecule has 1 saturated heterocycles. The van der Waals surface area contributed by atoms with Gasteiger partial charge in [0.15, 0.2) is 0 Å². The number of aromatic nitrogens is 1. The average Bonchev–Trinajstić information content (AvgIpc) is 2.40. The Hall–Kier alpha value is -0.900. The number of halogens is 1.